The predicted molar refractivity (Wildman–Crippen MR) is 59.5 cm³/mol. The van der Waals surface area contributed by atoms with Crippen LogP contribution in [0.3, 0.4) is 0 Å². The summed E-state index contributed by atoms with van der Waals surface area (Å²) >= 11 is 3.74. The maximum absolute atomic E-state index is 3.74. The van der Waals surface area contributed by atoms with Gasteiger partial charge in [-0.1, -0.05) is 15.3 Å². The fraction of sp³-hybridized carbons (Fsp3) is 0. The number of hydrogen-bond donors (Lipinski definition) is 0. The number of hydrogen-bond acceptors (Lipinski definition) is 2. The van der Waals surface area contributed by atoms with Crippen molar-refractivity contribution in [2.45, 2.75) is 0 Å². The topological polar surface area (TPSA) is 6.48 Å². The Morgan fingerprint density at radius 2 is 1.25 bits per heavy atom. The fourth-order valence-electron chi connectivity index (χ4n) is 0.462. The first kappa shape index (κ1) is 9.48. The van der Waals surface area contributed by atoms with Crippen LogP contribution >= 0.6 is 15.3 Å². The Balaban J connectivity index is 3.46. The van der Waals surface area contributed by atoms with Crippen molar-refractivity contribution < 1.29 is 0 Å². The van der Waals surface area contributed by atoms with Gasteiger partial charge in [-0.3, -0.25) is 0 Å². The van der Waals surface area contributed by atoms with Gasteiger partial charge in [0.05, 0.1) is 41.6 Å². The lowest BCUT2D eigenvalue weighted by Crippen LogP contribution is -2.43. The largest absolute Gasteiger partial charge is 0.365 e. The van der Waals surface area contributed by atoms with Crippen LogP contribution in [0.25, 0.3) is 0 Å². The van der Waals surface area contributed by atoms with Gasteiger partial charge < -0.3 is 7.79 Å². The predicted octanol–water partition coefficient (Wildman–Crippen LogP) is -5.18. The molecule has 0 aliphatic carbocycles. The summed E-state index contributed by atoms with van der Waals surface area (Å²) in [4.78, 5) is 0. The van der Waals surface area contributed by atoms with Crippen molar-refractivity contribution in [3.63, 3.8) is 0 Å². The number of halogens is 1. The SMILES string of the molecule is [SiH3]N([SiH3])[SiH](Br)N([SiH3])[SiH3]. The lowest BCUT2D eigenvalue weighted by molar-refractivity contribution is 0.989. The van der Waals surface area contributed by atoms with E-state index in [-0.39, 0.29) is 0 Å². The van der Waals surface area contributed by atoms with Crippen molar-refractivity contribution in [3.05, 3.63) is 0 Å². The van der Waals surface area contributed by atoms with E-state index < -0.39 is 7.74 Å². The van der Waals surface area contributed by atoms with Gasteiger partial charge in [0, 0.05) is 0 Å². The highest BCUT2D eigenvalue weighted by molar-refractivity contribution is 9.24. The Bertz CT molecular complexity index is 55.4. The van der Waals surface area contributed by atoms with Crippen LogP contribution in [0.15, 0.2) is 0 Å². The summed E-state index contributed by atoms with van der Waals surface area (Å²) in [5.74, 6) is 0. The fourth-order valence-corrected chi connectivity index (χ4v) is 12.5. The second-order valence-corrected chi connectivity index (χ2v) is 20.7. The molecule has 0 saturated heterocycles. The molecule has 8 heteroatoms. The average molecular weight is 261 g/mol. The van der Waals surface area contributed by atoms with Crippen molar-refractivity contribution >= 4 is 64.6 Å². The van der Waals surface area contributed by atoms with Crippen LogP contribution < -0.4 is 0 Å². The van der Waals surface area contributed by atoms with Gasteiger partial charge in [0.1, 0.15) is 0 Å². The molecular formula is H13BrN2Si5. The van der Waals surface area contributed by atoms with Crippen molar-refractivity contribution in [3.8, 4) is 0 Å². The van der Waals surface area contributed by atoms with Crippen LogP contribution in [0, 0.1) is 0 Å². The zero-order valence-corrected chi connectivity index (χ0v) is 16.6. The summed E-state index contributed by atoms with van der Waals surface area (Å²) in [5, 5.41) is 0. The maximum Gasteiger partial charge on any atom is 0.236 e. The van der Waals surface area contributed by atoms with E-state index in [0.29, 0.717) is 0 Å². The van der Waals surface area contributed by atoms with Crippen LogP contribution in [-0.2, 0) is 0 Å². The molecule has 50 valence electrons. The zero-order chi connectivity index (χ0) is 6.73. The Hall–Kier alpha value is 1.48. The first-order valence-electron chi connectivity index (χ1n) is 2.52. The Kier molecular flexibility index (Phi) is 5.13. The van der Waals surface area contributed by atoms with E-state index in [1.54, 1.807) is 0 Å². The van der Waals surface area contributed by atoms with Gasteiger partial charge in [-0.15, -0.1) is 0 Å². The van der Waals surface area contributed by atoms with Gasteiger partial charge in [-0.2, -0.15) is 0 Å². The zero-order valence-electron chi connectivity index (χ0n) is 5.85. The average Bonchev–Trinajstić information content (AvgIpc) is 1.64. The molecule has 0 saturated carbocycles. The van der Waals surface area contributed by atoms with E-state index >= 15 is 0 Å². The van der Waals surface area contributed by atoms with Crippen LogP contribution in [0.2, 0.25) is 0 Å². The minimum absolute atomic E-state index is 0.623. The van der Waals surface area contributed by atoms with Gasteiger partial charge in [-0.25, -0.2) is 0 Å². The Labute approximate surface area is 72.4 Å². The van der Waals surface area contributed by atoms with Crippen LogP contribution in [0.4, 0.5) is 0 Å². The Morgan fingerprint density at radius 1 is 1.00 bits per heavy atom. The quantitative estimate of drug-likeness (QED) is 0.362. The second kappa shape index (κ2) is 4.32. The van der Waals surface area contributed by atoms with Gasteiger partial charge in [-0.05, 0) is 0 Å². The molecule has 0 atom stereocenters. The highest BCUT2D eigenvalue weighted by atomic mass is 79.9. The van der Waals surface area contributed by atoms with Gasteiger partial charge >= 0.3 is 0 Å². The molecule has 0 amide bonds. The molecule has 0 bridgehead atoms. The van der Waals surface area contributed by atoms with E-state index in [9.17, 15) is 0 Å². The third kappa shape index (κ3) is 3.50. The molecule has 2 nitrogen and oxygen atoms in total. The highest BCUT2D eigenvalue weighted by Gasteiger charge is 2.08. The first-order chi connectivity index (χ1) is 3.55. The molecule has 0 spiro atoms. The van der Waals surface area contributed by atoms with E-state index in [1.807, 2.05) is 0 Å². The molecule has 0 aromatic rings. The maximum atomic E-state index is 3.74. The van der Waals surface area contributed by atoms with E-state index in [2.05, 4.69) is 23.1 Å². The summed E-state index contributed by atoms with van der Waals surface area (Å²) in [5.41, 5.74) is 0. The molecule has 0 aromatic heterocycles. The van der Waals surface area contributed by atoms with Crippen LogP contribution in [0.5, 0.6) is 0 Å². The first-order valence-corrected chi connectivity index (χ1v) is 10.3. The monoisotopic (exact) mass is 260 g/mol. The molecule has 0 N–H and O–H groups in total. The molecule has 0 fully saturated rings. The molecule has 8 heavy (non-hydrogen) atoms. The molecule has 0 radical (unpaired) electrons. The van der Waals surface area contributed by atoms with E-state index in [4.69, 9.17) is 0 Å². The lowest BCUT2D eigenvalue weighted by Gasteiger charge is -2.23. The molecular weight excluding hydrogens is 248 g/mol. The number of nitrogens with zero attached hydrogens (tertiary/aromatic N) is 2. The van der Waals surface area contributed by atoms with Gasteiger partial charge in [0.25, 0.3) is 0 Å². The van der Waals surface area contributed by atoms with Crippen LogP contribution in [0.1, 0.15) is 0 Å². The number of rotatable bonds is 2. The standard InChI is InChI=1S/BrH13N2Si5/c1-8(2(4)5)3(6)7/h8H,4-7H3. The molecule has 0 aliphatic heterocycles. The van der Waals surface area contributed by atoms with E-state index in [0.717, 1.165) is 0 Å². The third-order valence-electron chi connectivity index (χ3n) is 0.852. The minimum Gasteiger partial charge on any atom is -0.365 e. The van der Waals surface area contributed by atoms with Crippen molar-refractivity contribution in [1.29, 1.82) is 0 Å². The third-order valence-corrected chi connectivity index (χ3v) is 22.4. The summed E-state index contributed by atoms with van der Waals surface area (Å²) in [6.07, 6.45) is 0. The smallest absolute Gasteiger partial charge is 0.236 e. The molecule has 0 aromatic carbocycles. The van der Waals surface area contributed by atoms with Crippen molar-refractivity contribution in [2.75, 3.05) is 0 Å². The van der Waals surface area contributed by atoms with Gasteiger partial charge in [0.15, 0.2) is 0 Å². The normalized spacial score (nSPS) is 16.9. The summed E-state index contributed by atoms with van der Waals surface area (Å²) < 4.78 is 5.14. The summed E-state index contributed by atoms with van der Waals surface area (Å²) in [7, 11) is 4.43. The summed E-state index contributed by atoms with van der Waals surface area (Å²) in [6.45, 7) is 0. The van der Waals surface area contributed by atoms with Crippen molar-refractivity contribution in [2.24, 2.45) is 0 Å². The second-order valence-electron chi connectivity index (χ2n) is 2.24. The van der Waals surface area contributed by atoms with Gasteiger partial charge in [0.2, 0.25) is 7.74 Å². The van der Waals surface area contributed by atoms with Crippen LogP contribution in [-0.4, -0.2) is 57.1 Å². The molecule has 0 heterocycles. The Morgan fingerprint density at radius 3 is 1.25 bits per heavy atom. The molecule has 0 unspecified atom stereocenters. The molecule has 0 rings (SSSR count). The minimum atomic E-state index is -0.623. The molecule has 0 aliphatic rings. The van der Waals surface area contributed by atoms with E-state index in [1.165, 1.54) is 41.6 Å². The van der Waals surface area contributed by atoms with Crippen molar-refractivity contribution in [1.82, 2.24) is 7.79 Å². The highest BCUT2D eigenvalue weighted by Crippen LogP contribution is 1.95. The summed E-state index contributed by atoms with van der Waals surface area (Å²) in [6, 6.07) is 0. The lowest BCUT2D eigenvalue weighted by atomic mass is 13.7.